The number of ether oxygens (including phenoxy) is 1. The maximum atomic E-state index is 13.4. The third-order valence-electron chi connectivity index (χ3n) is 3.46. The van der Waals surface area contributed by atoms with Crippen LogP contribution in [0.4, 0.5) is 8.78 Å². The summed E-state index contributed by atoms with van der Waals surface area (Å²) in [5.74, 6) is -3.26. The van der Waals surface area contributed by atoms with Gasteiger partial charge in [0, 0.05) is 7.05 Å². The summed E-state index contributed by atoms with van der Waals surface area (Å²) in [6, 6.07) is 9.95. The van der Waals surface area contributed by atoms with Gasteiger partial charge in [-0.15, -0.1) is 0 Å². The lowest BCUT2D eigenvalue weighted by Gasteiger charge is -2.18. The number of nitrogens with zero attached hydrogens (tertiary/aromatic N) is 1. The van der Waals surface area contributed by atoms with E-state index in [1.807, 2.05) is 6.07 Å². The van der Waals surface area contributed by atoms with Crippen LogP contribution < -0.4 is 15.4 Å². The summed E-state index contributed by atoms with van der Waals surface area (Å²) in [5.41, 5.74) is 0.331. The van der Waals surface area contributed by atoms with Gasteiger partial charge >= 0.3 is 0 Å². The fourth-order valence-electron chi connectivity index (χ4n) is 2.17. The van der Waals surface area contributed by atoms with E-state index in [4.69, 9.17) is 10.00 Å². The standard InChI is InChI=1S/C18H15F2N3O3/c1-22-18(25)17(11-6-7-13(19)14(20)8-11)23-16(24)10-26-15-5-3-2-4-12(15)9-21/h2-8,17H,10H2,1H3,(H,22,25)(H,23,24). The average Bonchev–Trinajstić information content (AvgIpc) is 2.66. The maximum absolute atomic E-state index is 13.4. The van der Waals surface area contributed by atoms with E-state index < -0.39 is 36.1 Å². The molecule has 2 aromatic carbocycles. The molecule has 26 heavy (non-hydrogen) atoms. The van der Waals surface area contributed by atoms with Crippen molar-refractivity contribution >= 4 is 11.8 Å². The topological polar surface area (TPSA) is 91.2 Å². The van der Waals surface area contributed by atoms with Gasteiger partial charge in [-0.2, -0.15) is 5.26 Å². The zero-order valence-corrected chi connectivity index (χ0v) is 13.8. The second-order valence-corrected chi connectivity index (χ2v) is 5.18. The molecule has 0 aliphatic carbocycles. The second kappa shape index (κ2) is 8.58. The Bertz CT molecular complexity index is 865. The van der Waals surface area contributed by atoms with Gasteiger partial charge in [-0.05, 0) is 29.8 Å². The van der Waals surface area contributed by atoms with Gasteiger partial charge in [0.2, 0.25) is 5.91 Å². The Balaban J connectivity index is 2.10. The minimum Gasteiger partial charge on any atom is -0.482 e. The number of likely N-dealkylation sites (N-methyl/N-ethyl adjacent to an activating group) is 1. The third-order valence-corrected chi connectivity index (χ3v) is 3.46. The molecule has 2 rings (SSSR count). The first-order valence-corrected chi connectivity index (χ1v) is 7.54. The number of hydrogen-bond donors (Lipinski definition) is 2. The van der Waals surface area contributed by atoms with Gasteiger partial charge in [0.15, 0.2) is 18.2 Å². The first-order chi connectivity index (χ1) is 12.5. The van der Waals surface area contributed by atoms with Gasteiger partial charge in [0.05, 0.1) is 5.56 Å². The van der Waals surface area contributed by atoms with E-state index in [0.29, 0.717) is 0 Å². The summed E-state index contributed by atoms with van der Waals surface area (Å²) >= 11 is 0. The van der Waals surface area contributed by atoms with Crippen LogP contribution in [0, 0.1) is 23.0 Å². The minimum absolute atomic E-state index is 0.0778. The Kier molecular flexibility index (Phi) is 6.22. The molecule has 0 radical (unpaired) electrons. The molecule has 0 aromatic heterocycles. The predicted octanol–water partition coefficient (Wildman–Crippen LogP) is 1.82. The molecule has 0 saturated heterocycles. The molecule has 0 aliphatic rings. The fraction of sp³-hybridized carbons (Fsp3) is 0.167. The summed E-state index contributed by atoms with van der Waals surface area (Å²) in [7, 11) is 1.35. The molecule has 0 bridgehead atoms. The third kappa shape index (κ3) is 4.54. The van der Waals surface area contributed by atoms with Crippen molar-refractivity contribution in [2.45, 2.75) is 6.04 Å². The van der Waals surface area contributed by atoms with E-state index in [9.17, 15) is 18.4 Å². The highest BCUT2D eigenvalue weighted by Gasteiger charge is 2.23. The van der Waals surface area contributed by atoms with Gasteiger partial charge < -0.3 is 15.4 Å². The molecule has 2 N–H and O–H groups in total. The molecule has 134 valence electrons. The largest absolute Gasteiger partial charge is 0.482 e. The van der Waals surface area contributed by atoms with Gasteiger partial charge in [0.25, 0.3) is 5.91 Å². The Morgan fingerprint density at radius 2 is 1.92 bits per heavy atom. The van der Waals surface area contributed by atoms with E-state index >= 15 is 0 Å². The fourth-order valence-corrected chi connectivity index (χ4v) is 2.17. The van der Waals surface area contributed by atoms with E-state index in [1.54, 1.807) is 12.1 Å². The van der Waals surface area contributed by atoms with Gasteiger partial charge in [-0.1, -0.05) is 18.2 Å². The zero-order chi connectivity index (χ0) is 19.1. The maximum Gasteiger partial charge on any atom is 0.258 e. The van der Waals surface area contributed by atoms with Crippen molar-refractivity contribution in [2.75, 3.05) is 13.7 Å². The number of hydrogen-bond acceptors (Lipinski definition) is 4. The van der Waals surface area contributed by atoms with Crippen molar-refractivity contribution in [2.24, 2.45) is 0 Å². The molecule has 2 aromatic rings. The number of carbonyl (C=O) groups excluding carboxylic acids is 2. The Labute approximate surface area is 148 Å². The average molecular weight is 359 g/mol. The lowest BCUT2D eigenvalue weighted by atomic mass is 10.1. The summed E-state index contributed by atoms with van der Waals surface area (Å²) in [5, 5.41) is 13.7. The van der Waals surface area contributed by atoms with Gasteiger partial charge in [-0.3, -0.25) is 9.59 Å². The Morgan fingerprint density at radius 3 is 2.58 bits per heavy atom. The van der Waals surface area contributed by atoms with E-state index in [-0.39, 0.29) is 16.9 Å². The Morgan fingerprint density at radius 1 is 1.19 bits per heavy atom. The molecule has 8 heteroatoms. The van der Waals surface area contributed by atoms with E-state index in [2.05, 4.69) is 10.6 Å². The lowest BCUT2D eigenvalue weighted by molar-refractivity contribution is -0.129. The number of halogens is 2. The zero-order valence-electron chi connectivity index (χ0n) is 13.8. The molecule has 1 unspecified atom stereocenters. The molecule has 0 fully saturated rings. The van der Waals surface area contributed by atoms with E-state index in [0.717, 1.165) is 12.1 Å². The van der Waals surface area contributed by atoms with Crippen LogP contribution in [-0.4, -0.2) is 25.5 Å². The van der Waals surface area contributed by atoms with Crippen molar-refractivity contribution in [3.8, 4) is 11.8 Å². The number of nitrogens with one attached hydrogen (secondary N) is 2. The lowest BCUT2D eigenvalue weighted by Crippen LogP contribution is -2.41. The molecular weight excluding hydrogens is 344 g/mol. The number of benzene rings is 2. The normalized spacial score (nSPS) is 11.2. The number of rotatable bonds is 6. The highest BCUT2D eigenvalue weighted by atomic mass is 19.2. The molecular formula is C18H15F2N3O3. The predicted molar refractivity (Wildman–Crippen MR) is 88.0 cm³/mol. The first kappa shape index (κ1) is 18.9. The molecule has 0 spiro atoms. The van der Waals surface area contributed by atoms with Crippen molar-refractivity contribution in [1.29, 1.82) is 5.26 Å². The molecule has 0 heterocycles. The highest BCUT2D eigenvalue weighted by Crippen LogP contribution is 2.18. The van der Waals surface area contributed by atoms with Crippen LogP contribution in [0.5, 0.6) is 5.75 Å². The SMILES string of the molecule is CNC(=O)C(NC(=O)COc1ccccc1C#N)c1ccc(F)c(F)c1. The van der Waals surface area contributed by atoms with Crippen LogP contribution in [0.2, 0.25) is 0 Å². The minimum atomic E-state index is -1.22. The quantitative estimate of drug-likeness (QED) is 0.823. The monoisotopic (exact) mass is 359 g/mol. The van der Waals surface area contributed by atoms with Crippen LogP contribution in [0.3, 0.4) is 0 Å². The second-order valence-electron chi connectivity index (χ2n) is 5.18. The summed E-state index contributed by atoms with van der Waals surface area (Å²) in [6.07, 6.45) is 0. The molecule has 0 saturated carbocycles. The smallest absolute Gasteiger partial charge is 0.258 e. The highest BCUT2D eigenvalue weighted by molar-refractivity contribution is 5.89. The van der Waals surface area contributed by atoms with Crippen molar-refractivity contribution < 1.29 is 23.1 Å². The van der Waals surface area contributed by atoms with Crippen LogP contribution in [0.25, 0.3) is 0 Å². The molecule has 6 nitrogen and oxygen atoms in total. The number of amides is 2. The van der Waals surface area contributed by atoms with Crippen molar-refractivity contribution in [1.82, 2.24) is 10.6 Å². The first-order valence-electron chi connectivity index (χ1n) is 7.54. The van der Waals surface area contributed by atoms with Crippen molar-refractivity contribution in [3.63, 3.8) is 0 Å². The van der Waals surface area contributed by atoms with Crippen LogP contribution >= 0.6 is 0 Å². The van der Waals surface area contributed by atoms with E-state index in [1.165, 1.54) is 25.2 Å². The summed E-state index contributed by atoms with van der Waals surface area (Å²) < 4.78 is 31.8. The van der Waals surface area contributed by atoms with Crippen molar-refractivity contribution in [3.05, 3.63) is 65.2 Å². The van der Waals surface area contributed by atoms with Gasteiger partial charge in [0.1, 0.15) is 17.9 Å². The van der Waals surface area contributed by atoms with Gasteiger partial charge in [-0.25, -0.2) is 8.78 Å². The van der Waals surface area contributed by atoms with Crippen LogP contribution in [0.1, 0.15) is 17.2 Å². The molecule has 2 amide bonds. The Hall–Kier alpha value is -3.47. The number of nitriles is 1. The molecule has 1 atom stereocenters. The van der Waals surface area contributed by atoms with Crippen LogP contribution in [0.15, 0.2) is 42.5 Å². The molecule has 0 aliphatic heterocycles. The summed E-state index contributed by atoms with van der Waals surface area (Å²) in [6.45, 7) is -0.462. The van der Waals surface area contributed by atoms with Crippen LogP contribution in [-0.2, 0) is 9.59 Å². The summed E-state index contributed by atoms with van der Waals surface area (Å²) in [4.78, 5) is 24.1. The number of para-hydroxylation sites is 1. The number of carbonyl (C=O) groups is 2.